The lowest BCUT2D eigenvalue weighted by Gasteiger charge is -2.19. The van der Waals surface area contributed by atoms with Crippen LogP contribution in [-0.4, -0.2) is 16.4 Å². The summed E-state index contributed by atoms with van der Waals surface area (Å²) in [4.78, 5) is 4.06. The summed E-state index contributed by atoms with van der Waals surface area (Å²) in [6.07, 6.45) is 7.74. The van der Waals surface area contributed by atoms with E-state index in [2.05, 4.69) is 15.5 Å². The summed E-state index contributed by atoms with van der Waals surface area (Å²) in [6, 6.07) is 10.4. The lowest BCUT2D eigenvalue weighted by atomic mass is 10.1. The maximum atomic E-state index is 13.5. The molecule has 6 nitrogen and oxygen atoms in total. The predicted molar refractivity (Wildman–Crippen MR) is 108 cm³/mol. The normalized spacial score (nSPS) is 15.8. The van der Waals surface area contributed by atoms with Crippen LogP contribution in [-0.2, 0) is 17.8 Å². The Morgan fingerprint density at radius 1 is 1.28 bits per heavy atom. The van der Waals surface area contributed by atoms with E-state index in [0.29, 0.717) is 24.6 Å². The third-order valence-electron chi connectivity index (χ3n) is 4.50. The first-order valence-electron chi connectivity index (χ1n) is 9.24. The van der Waals surface area contributed by atoms with Gasteiger partial charge in [-0.3, -0.25) is 0 Å². The zero-order chi connectivity index (χ0) is 20.2. The SMILES string of the molecule is Cc1cc(F)cc(COC2C=CC(Cc3cc(-c4cccnc4N)on3)=CN2)c1. The molecule has 0 saturated heterocycles. The van der Waals surface area contributed by atoms with E-state index in [-0.39, 0.29) is 12.0 Å². The average molecular weight is 392 g/mol. The van der Waals surface area contributed by atoms with Crippen molar-refractivity contribution in [3.63, 3.8) is 0 Å². The number of nitrogens with zero attached hydrogens (tertiary/aromatic N) is 2. The number of ether oxygens (including phenoxy) is 1. The molecule has 0 fully saturated rings. The molecule has 1 aliphatic heterocycles. The van der Waals surface area contributed by atoms with Gasteiger partial charge in [0.05, 0.1) is 17.9 Å². The second-order valence-corrected chi connectivity index (χ2v) is 6.91. The van der Waals surface area contributed by atoms with Gasteiger partial charge in [0.2, 0.25) is 0 Å². The molecule has 3 aromatic rings. The molecule has 0 bridgehead atoms. The zero-order valence-corrected chi connectivity index (χ0v) is 15.9. The van der Waals surface area contributed by atoms with E-state index in [1.165, 1.54) is 12.1 Å². The minimum atomic E-state index is -0.273. The fourth-order valence-corrected chi connectivity index (χ4v) is 3.16. The van der Waals surface area contributed by atoms with E-state index in [0.717, 1.165) is 28.0 Å². The van der Waals surface area contributed by atoms with Gasteiger partial charge in [-0.05, 0) is 54.0 Å². The van der Waals surface area contributed by atoms with Crippen molar-refractivity contribution in [2.24, 2.45) is 0 Å². The topological polar surface area (TPSA) is 86.2 Å². The van der Waals surface area contributed by atoms with Crippen LogP contribution in [0.3, 0.4) is 0 Å². The largest absolute Gasteiger partial charge is 0.383 e. The highest BCUT2D eigenvalue weighted by Crippen LogP contribution is 2.25. The summed E-state index contributed by atoms with van der Waals surface area (Å²) in [5.41, 5.74) is 10.1. The van der Waals surface area contributed by atoms with Crippen LogP contribution in [0.4, 0.5) is 10.2 Å². The molecule has 148 valence electrons. The Balaban J connectivity index is 1.33. The van der Waals surface area contributed by atoms with Crippen molar-refractivity contribution in [2.45, 2.75) is 26.2 Å². The number of nitrogens with one attached hydrogen (secondary N) is 1. The molecular weight excluding hydrogens is 371 g/mol. The van der Waals surface area contributed by atoms with Gasteiger partial charge in [-0.25, -0.2) is 9.37 Å². The maximum absolute atomic E-state index is 13.5. The zero-order valence-electron chi connectivity index (χ0n) is 15.9. The molecule has 7 heteroatoms. The highest BCUT2D eigenvalue weighted by Gasteiger charge is 2.13. The molecule has 29 heavy (non-hydrogen) atoms. The van der Waals surface area contributed by atoms with E-state index in [1.54, 1.807) is 12.3 Å². The first kappa shape index (κ1) is 18.9. The molecule has 0 saturated carbocycles. The number of aryl methyl sites for hydroxylation is 1. The summed E-state index contributed by atoms with van der Waals surface area (Å²) < 4.78 is 24.7. The van der Waals surface area contributed by atoms with E-state index < -0.39 is 0 Å². The van der Waals surface area contributed by atoms with E-state index in [4.69, 9.17) is 15.0 Å². The summed E-state index contributed by atoms with van der Waals surface area (Å²) in [6.45, 7) is 2.18. The van der Waals surface area contributed by atoms with Crippen LogP contribution < -0.4 is 11.1 Å². The van der Waals surface area contributed by atoms with Crippen molar-refractivity contribution in [2.75, 3.05) is 5.73 Å². The lowest BCUT2D eigenvalue weighted by molar-refractivity contribution is 0.0576. The molecule has 3 N–H and O–H groups in total. The molecule has 3 heterocycles. The lowest BCUT2D eigenvalue weighted by Crippen LogP contribution is -2.28. The number of nitrogens with two attached hydrogens (primary N) is 1. The minimum Gasteiger partial charge on any atom is -0.383 e. The highest BCUT2D eigenvalue weighted by atomic mass is 19.1. The molecule has 4 rings (SSSR count). The van der Waals surface area contributed by atoms with Crippen LogP contribution >= 0.6 is 0 Å². The van der Waals surface area contributed by atoms with Gasteiger partial charge in [0.1, 0.15) is 17.9 Å². The number of allylic oxidation sites excluding steroid dienone is 2. The molecular formula is C22H21FN4O2. The third kappa shape index (κ3) is 4.70. The first-order chi connectivity index (χ1) is 14.1. The Hall–Kier alpha value is -3.45. The summed E-state index contributed by atoms with van der Waals surface area (Å²) in [5.74, 6) is 0.741. The molecule has 0 amide bonds. The Morgan fingerprint density at radius 3 is 2.93 bits per heavy atom. The molecule has 1 aliphatic rings. The fourth-order valence-electron chi connectivity index (χ4n) is 3.16. The van der Waals surface area contributed by atoms with E-state index >= 15 is 0 Å². The van der Waals surface area contributed by atoms with Gasteiger partial charge >= 0.3 is 0 Å². The Kier molecular flexibility index (Phi) is 5.39. The van der Waals surface area contributed by atoms with Crippen molar-refractivity contribution >= 4 is 5.82 Å². The number of rotatable bonds is 6. The fraction of sp³-hybridized carbons (Fsp3) is 0.182. The molecule has 0 aliphatic carbocycles. The van der Waals surface area contributed by atoms with Crippen LogP contribution in [0, 0.1) is 12.7 Å². The van der Waals surface area contributed by atoms with E-state index in [1.807, 2.05) is 43.5 Å². The highest BCUT2D eigenvalue weighted by molar-refractivity contribution is 5.69. The molecule has 1 atom stereocenters. The van der Waals surface area contributed by atoms with E-state index in [9.17, 15) is 4.39 Å². The van der Waals surface area contributed by atoms with Gasteiger partial charge in [-0.1, -0.05) is 17.3 Å². The first-order valence-corrected chi connectivity index (χ1v) is 9.24. The standard InChI is InChI=1S/C22H21FN4O2/c1-14-7-16(9-17(23)8-14)13-28-21-5-4-15(12-26-21)10-18-11-20(29-27-18)19-3-2-6-25-22(19)24/h2-9,11-12,21,26H,10,13H2,1H3,(H2,24,25). The summed E-state index contributed by atoms with van der Waals surface area (Å²) in [5, 5.41) is 7.29. The monoisotopic (exact) mass is 392 g/mol. The van der Waals surface area contributed by atoms with Crippen LogP contribution in [0.25, 0.3) is 11.3 Å². The maximum Gasteiger partial charge on any atom is 0.170 e. The van der Waals surface area contributed by atoms with Gasteiger partial charge < -0.3 is 20.3 Å². The van der Waals surface area contributed by atoms with Gasteiger partial charge in [-0.2, -0.15) is 0 Å². The van der Waals surface area contributed by atoms with Crippen LogP contribution in [0.1, 0.15) is 16.8 Å². The van der Waals surface area contributed by atoms with Gasteiger partial charge in [0, 0.05) is 24.9 Å². The number of dihydropyridines is 1. The molecule has 1 unspecified atom stereocenters. The number of benzene rings is 1. The second-order valence-electron chi connectivity index (χ2n) is 6.91. The van der Waals surface area contributed by atoms with Crippen LogP contribution in [0.15, 0.2) is 71.0 Å². The van der Waals surface area contributed by atoms with Gasteiger partial charge in [0.25, 0.3) is 0 Å². The number of hydrogen-bond donors (Lipinski definition) is 2. The number of nitrogen functional groups attached to an aromatic ring is 1. The van der Waals surface area contributed by atoms with Gasteiger partial charge in [0.15, 0.2) is 5.76 Å². The van der Waals surface area contributed by atoms with Crippen molar-refractivity contribution in [1.82, 2.24) is 15.5 Å². The van der Waals surface area contributed by atoms with Crippen molar-refractivity contribution in [3.8, 4) is 11.3 Å². The predicted octanol–water partition coefficient (Wildman–Crippen LogP) is 3.90. The quantitative estimate of drug-likeness (QED) is 0.662. The Labute approximate surface area is 167 Å². The third-order valence-corrected chi connectivity index (χ3v) is 4.50. The molecule has 0 spiro atoms. The molecule has 1 aromatic carbocycles. The number of hydrogen-bond acceptors (Lipinski definition) is 6. The van der Waals surface area contributed by atoms with Crippen LogP contribution in [0.5, 0.6) is 0 Å². The average Bonchev–Trinajstić information content (AvgIpc) is 3.15. The minimum absolute atomic E-state index is 0.252. The Morgan fingerprint density at radius 2 is 2.17 bits per heavy atom. The number of pyridine rings is 1. The summed E-state index contributed by atoms with van der Waals surface area (Å²) in [7, 11) is 0. The molecule has 2 aromatic heterocycles. The second kappa shape index (κ2) is 8.28. The number of anilines is 1. The van der Waals surface area contributed by atoms with Gasteiger partial charge in [-0.15, -0.1) is 0 Å². The van der Waals surface area contributed by atoms with Crippen LogP contribution in [0.2, 0.25) is 0 Å². The number of aromatic nitrogens is 2. The Bertz CT molecular complexity index is 1050. The van der Waals surface area contributed by atoms with Crippen molar-refractivity contribution < 1.29 is 13.7 Å². The number of halogens is 1. The van der Waals surface area contributed by atoms with Crippen molar-refractivity contribution in [1.29, 1.82) is 0 Å². The molecule has 0 radical (unpaired) electrons. The summed E-state index contributed by atoms with van der Waals surface area (Å²) >= 11 is 0. The smallest absolute Gasteiger partial charge is 0.170 e. The van der Waals surface area contributed by atoms with Crippen molar-refractivity contribution in [3.05, 3.63) is 89.2 Å².